The van der Waals surface area contributed by atoms with Crippen LogP contribution in [0.4, 0.5) is 0 Å². The molecule has 1 aromatic carbocycles. The molecule has 0 heterocycles. The Morgan fingerprint density at radius 2 is 1.95 bits per heavy atom. The lowest BCUT2D eigenvalue weighted by Crippen LogP contribution is -2.40. The van der Waals surface area contributed by atoms with E-state index in [1.165, 1.54) is 12.1 Å². The molecule has 19 heavy (non-hydrogen) atoms. The summed E-state index contributed by atoms with van der Waals surface area (Å²) in [6.45, 7) is 7.42. The smallest absolute Gasteiger partial charge is 0.238 e. The van der Waals surface area contributed by atoms with Crippen LogP contribution in [0.2, 0.25) is 0 Å². The molecule has 3 N–H and O–H groups in total. The van der Waals surface area contributed by atoms with Crippen molar-refractivity contribution in [2.45, 2.75) is 43.4 Å². The number of primary sulfonamides is 1. The van der Waals surface area contributed by atoms with Gasteiger partial charge in [0.15, 0.2) is 0 Å². The van der Waals surface area contributed by atoms with Gasteiger partial charge < -0.3 is 4.55 Å². The molecule has 0 radical (unpaired) electrons. The molecule has 5 nitrogen and oxygen atoms in total. The highest BCUT2D eigenvalue weighted by Crippen LogP contribution is 2.21. The third-order valence-corrected chi connectivity index (χ3v) is 5.12. The minimum absolute atomic E-state index is 0.0557. The second-order valence-corrected chi connectivity index (χ2v) is 8.90. The van der Waals surface area contributed by atoms with Crippen molar-refractivity contribution < 1.29 is 13.0 Å². The Balaban J connectivity index is 2.93. The summed E-state index contributed by atoms with van der Waals surface area (Å²) in [7, 11) is -3.72. The zero-order valence-electron chi connectivity index (χ0n) is 11.5. The fourth-order valence-corrected chi connectivity index (χ4v) is 2.75. The summed E-state index contributed by atoms with van der Waals surface area (Å²) in [6.07, 6.45) is 0. The maximum absolute atomic E-state index is 12.0. The molecule has 0 spiro atoms. The molecule has 2 atom stereocenters. The van der Waals surface area contributed by atoms with Gasteiger partial charge in [-0.05, 0) is 45.4 Å². The average molecular weight is 304 g/mol. The molecule has 1 rings (SSSR count). The third kappa shape index (κ3) is 4.77. The number of hydrogen-bond acceptors (Lipinski definition) is 4. The van der Waals surface area contributed by atoms with Gasteiger partial charge in [0.25, 0.3) is 0 Å². The van der Waals surface area contributed by atoms with E-state index in [9.17, 15) is 13.0 Å². The molecule has 0 aliphatic rings. The summed E-state index contributed by atoms with van der Waals surface area (Å²) in [5.41, 5.74) is 0.726. The maximum Gasteiger partial charge on any atom is 0.238 e. The first kappa shape index (κ1) is 16.5. The first-order chi connectivity index (χ1) is 8.51. The molecule has 0 aliphatic carbocycles. The largest absolute Gasteiger partial charge is 0.598 e. The normalized spacial score (nSPS) is 16.1. The third-order valence-electron chi connectivity index (χ3n) is 2.53. The summed E-state index contributed by atoms with van der Waals surface area (Å²) >= 11 is -1.23. The highest BCUT2D eigenvalue weighted by molar-refractivity contribution is 7.90. The standard InChI is InChI=1S/C12H20N2O3S2/c1-9(14-18(15)12(2,3)4)10-6-5-7-11(8-10)19(13,16)17/h5-9,14H,1-4H3,(H2,13,16,17)/t9-,18-/m0/s1. The predicted molar refractivity (Wildman–Crippen MR) is 77.3 cm³/mol. The van der Waals surface area contributed by atoms with Crippen molar-refractivity contribution in [3.05, 3.63) is 29.8 Å². The van der Waals surface area contributed by atoms with Crippen LogP contribution in [-0.2, 0) is 21.4 Å². The van der Waals surface area contributed by atoms with Crippen molar-refractivity contribution in [2.24, 2.45) is 5.14 Å². The highest BCUT2D eigenvalue weighted by Gasteiger charge is 2.28. The van der Waals surface area contributed by atoms with E-state index in [0.717, 1.165) is 5.56 Å². The molecule has 0 bridgehead atoms. The monoisotopic (exact) mass is 304 g/mol. The van der Waals surface area contributed by atoms with E-state index in [0.29, 0.717) is 0 Å². The van der Waals surface area contributed by atoms with Gasteiger partial charge in [-0.2, -0.15) is 0 Å². The van der Waals surface area contributed by atoms with Gasteiger partial charge in [-0.15, -0.1) is 4.72 Å². The fraction of sp³-hybridized carbons (Fsp3) is 0.500. The topological polar surface area (TPSA) is 95.2 Å². The zero-order chi connectivity index (χ0) is 14.8. The first-order valence-electron chi connectivity index (χ1n) is 5.82. The van der Waals surface area contributed by atoms with Crippen LogP contribution in [0.1, 0.15) is 39.3 Å². The van der Waals surface area contributed by atoms with Gasteiger partial charge in [0.05, 0.1) is 10.9 Å². The van der Waals surface area contributed by atoms with Crippen molar-refractivity contribution in [1.29, 1.82) is 0 Å². The van der Waals surface area contributed by atoms with E-state index < -0.39 is 21.4 Å². The second-order valence-electron chi connectivity index (χ2n) is 5.34. The van der Waals surface area contributed by atoms with E-state index in [2.05, 4.69) is 4.72 Å². The summed E-state index contributed by atoms with van der Waals surface area (Å²) in [5, 5.41) is 5.09. The minimum atomic E-state index is -3.72. The number of benzene rings is 1. The number of rotatable bonds is 4. The van der Waals surface area contributed by atoms with Crippen molar-refractivity contribution in [3.63, 3.8) is 0 Å². The quantitative estimate of drug-likeness (QED) is 0.823. The van der Waals surface area contributed by atoms with Gasteiger partial charge in [-0.1, -0.05) is 12.1 Å². The molecule has 7 heteroatoms. The van der Waals surface area contributed by atoms with E-state index in [-0.39, 0.29) is 15.7 Å². The van der Waals surface area contributed by atoms with E-state index in [1.807, 2.05) is 27.7 Å². The van der Waals surface area contributed by atoms with Crippen molar-refractivity contribution in [3.8, 4) is 0 Å². The molecule has 0 fully saturated rings. The Morgan fingerprint density at radius 3 is 2.42 bits per heavy atom. The van der Waals surface area contributed by atoms with Gasteiger partial charge in [0.1, 0.15) is 4.75 Å². The van der Waals surface area contributed by atoms with Gasteiger partial charge in [-0.25, -0.2) is 13.6 Å². The molecule has 0 aliphatic heterocycles. The van der Waals surface area contributed by atoms with Gasteiger partial charge in [-0.3, -0.25) is 0 Å². The van der Waals surface area contributed by atoms with Crippen LogP contribution in [0.5, 0.6) is 0 Å². The Labute approximate surface area is 118 Å². The molecular formula is C12H20N2O3S2. The summed E-state index contributed by atoms with van der Waals surface area (Å²) in [4.78, 5) is 0.0557. The minimum Gasteiger partial charge on any atom is -0.598 e. The van der Waals surface area contributed by atoms with Crippen LogP contribution in [0.15, 0.2) is 29.2 Å². The van der Waals surface area contributed by atoms with Gasteiger partial charge >= 0.3 is 0 Å². The number of nitrogens with one attached hydrogen (secondary N) is 1. The van der Waals surface area contributed by atoms with Crippen LogP contribution in [-0.4, -0.2) is 17.7 Å². The van der Waals surface area contributed by atoms with E-state index >= 15 is 0 Å². The highest BCUT2D eigenvalue weighted by atomic mass is 32.2. The Morgan fingerprint density at radius 1 is 1.37 bits per heavy atom. The average Bonchev–Trinajstić information content (AvgIpc) is 2.26. The van der Waals surface area contributed by atoms with E-state index in [4.69, 9.17) is 5.14 Å². The lowest BCUT2D eigenvalue weighted by Gasteiger charge is -2.26. The maximum atomic E-state index is 12.0. The van der Waals surface area contributed by atoms with Gasteiger partial charge in [0.2, 0.25) is 10.0 Å². The lowest BCUT2D eigenvalue weighted by molar-refractivity contribution is 0.531. The van der Waals surface area contributed by atoms with Crippen molar-refractivity contribution in [1.82, 2.24) is 4.72 Å². The zero-order valence-corrected chi connectivity index (χ0v) is 13.1. The van der Waals surface area contributed by atoms with Crippen LogP contribution >= 0.6 is 0 Å². The molecule has 1 aromatic rings. The molecule has 0 aromatic heterocycles. The number of hydrogen-bond donors (Lipinski definition) is 2. The molecule has 0 saturated carbocycles. The molecule has 0 unspecified atom stereocenters. The number of sulfonamides is 1. The molecule has 108 valence electrons. The van der Waals surface area contributed by atoms with Gasteiger partial charge in [0, 0.05) is 11.4 Å². The predicted octanol–water partition coefficient (Wildman–Crippen LogP) is 1.45. The Kier molecular flexibility index (Phi) is 5.02. The second kappa shape index (κ2) is 5.80. The fourth-order valence-electron chi connectivity index (χ4n) is 1.37. The molecule has 0 saturated heterocycles. The summed E-state index contributed by atoms with van der Waals surface area (Å²) in [6, 6.07) is 6.08. The molecule has 0 amide bonds. The Hall–Kier alpha value is -0.600. The van der Waals surface area contributed by atoms with Crippen LogP contribution in [0, 0.1) is 0 Å². The van der Waals surface area contributed by atoms with Crippen molar-refractivity contribution in [2.75, 3.05) is 0 Å². The van der Waals surface area contributed by atoms with Crippen LogP contribution in [0.3, 0.4) is 0 Å². The summed E-state index contributed by atoms with van der Waals surface area (Å²) in [5.74, 6) is 0. The Bertz CT molecular complexity index is 538. The van der Waals surface area contributed by atoms with Crippen LogP contribution in [0.25, 0.3) is 0 Å². The van der Waals surface area contributed by atoms with E-state index in [1.54, 1.807) is 12.1 Å². The lowest BCUT2D eigenvalue weighted by atomic mass is 10.1. The van der Waals surface area contributed by atoms with Crippen LogP contribution < -0.4 is 9.86 Å². The van der Waals surface area contributed by atoms with Crippen molar-refractivity contribution >= 4 is 21.4 Å². The first-order valence-corrected chi connectivity index (χ1v) is 8.52. The SMILES string of the molecule is C[C@H](N[S@@+]([O-])C(C)(C)C)c1cccc(S(N)(=O)=O)c1. The summed E-state index contributed by atoms with van der Waals surface area (Å²) < 4.78 is 37.1. The number of nitrogens with two attached hydrogens (primary N) is 1. The molecular weight excluding hydrogens is 284 g/mol.